The maximum absolute atomic E-state index is 13.4. The van der Waals surface area contributed by atoms with Gasteiger partial charge in [0.1, 0.15) is 12.4 Å². The molecule has 0 radical (unpaired) electrons. The smallest absolute Gasteiger partial charge is 0.337 e. The molecule has 0 fully saturated rings. The van der Waals surface area contributed by atoms with E-state index in [9.17, 15) is 22.4 Å². The van der Waals surface area contributed by atoms with Crippen molar-refractivity contribution in [2.24, 2.45) is 0 Å². The number of nitrogens with one attached hydrogen (secondary N) is 1. The Hall–Kier alpha value is -2.94. The first-order valence-electron chi connectivity index (χ1n) is 7.42. The van der Waals surface area contributed by atoms with E-state index < -0.39 is 34.3 Å². The molecule has 138 valence electrons. The van der Waals surface area contributed by atoms with E-state index in [0.717, 1.165) is 16.6 Å². The van der Waals surface area contributed by atoms with Gasteiger partial charge in [0.2, 0.25) is 15.9 Å². The number of hydrogen-bond donors (Lipinski definition) is 1. The second-order valence-electron chi connectivity index (χ2n) is 5.37. The van der Waals surface area contributed by atoms with Gasteiger partial charge in [-0.1, -0.05) is 12.1 Å². The molecule has 0 bridgehead atoms. The van der Waals surface area contributed by atoms with E-state index in [0.29, 0.717) is 5.69 Å². The van der Waals surface area contributed by atoms with Crippen LogP contribution in [0, 0.1) is 5.82 Å². The van der Waals surface area contributed by atoms with Crippen molar-refractivity contribution in [3.05, 3.63) is 59.9 Å². The van der Waals surface area contributed by atoms with Crippen LogP contribution in [0.2, 0.25) is 0 Å². The van der Waals surface area contributed by atoms with Crippen LogP contribution in [-0.2, 0) is 19.6 Å². The SMILES string of the molecule is COC(=O)c1cccc(NC(=O)CN(c2cccc(F)c2)S(C)(=O)=O)c1. The number of esters is 1. The number of benzene rings is 2. The Kier molecular flexibility index (Phi) is 5.93. The molecule has 0 heterocycles. The van der Waals surface area contributed by atoms with Crippen LogP contribution in [0.15, 0.2) is 48.5 Å². The number of nitrogens with zero attached hydrogens (tertiary/aromatic N) is 1. The third kappa shape index (κ3) is 5.03. The lowest BCUT2D eigenvalue weighted by molar-refractivity contribution is -0.114. The van der Waals surface area contributed by atoms with Crippen molar-refractivity contribution in [1.29, 1.82) is 0 Å². The Morgan fingerprint density at radius 3 is 2.46 bits per heavy atom. The lowest BCUT2D eigenvalue weighted by atomic mass is 10.2. The van der Waals surface area contributed by atoms with Crippen LogP contribution in [0.25, 0.3) is 0 Å². The first-order chi connectivity index (χ1) is 12.2. The van der Waals surface area contributed by atoms with E-state index in [2.05, 4.69) is 10.1 Å². The highest BCUT2D eigenvalue weighted by molar-refractivity contribution is 7.92. The van der Waals surface area contributed by atoms with Gasteiger partial charge < -0.3 is 10.1 Å². The third-order valence-corrected chi connectivity index (χ3v) is 4.49. The highest BCUT2D eigenvalue weighted by Crippen LogP contribution is 2.19. The van der Waals surface area contributed by atoms with Crippen LogP contribution in [0.4, 0.5) is 15.8 Å². The lowest BCUT2D eigenvalue weighted by Crippen LogP contribution is -2.37. The molecule has 9 heteroatoms. The van der Waals surface area contributed by atoms with Crippen molar-refractivity contribution >= 4 is 33.3 Å². The molecule has 7 nitrogen and oxygen atoms in total. The van der Waals surface area contributed by atoms with E-state index >= 15 is 0 Å². The summed E-state index contributed by atoms with van der Waals surface area (Å²) in [7, 11) is -2.58. The molecule has 2 aromatic rings. The number of carbonyl (C=O) groups is 2. The number of anilines is 2. The average Bonchev–Trinajstić information content (AvgIpc) is 2.58. The predicted molar refractivity (Wildman–Crippen MR) is 95.0 cm³/mol. The summed E-state index contributed by atoms with van der Waals surface area (Å²) in [6.45, 7) is -0.551. The van der Waals surface area contributed by atoms with Crippen LogP contribution in [0.1, 0.15) is 10.4 Å². The fourth-order valence-electron chi connectivity index (χ4n) is 2.20. The van der Waals surface area contributed by atoms with E-state index in [-0.39, 0.29) is 11.3 Å². The number of carbonyl (C=O) groups excluding carboxylic acids is 2. The number of ether oxygens (including phenoxy) is 1. The zero-order valence-electron chi connectivity index (χ0n) is 14.1. The molecule has 0 atom stereocenters. The highest BCUT2D eigenvalue weighted by Gasteiger charge is 2.21. The van der Waals surface area contributed by atoms with Crippen molar-refractivity contribution < 1.29 is 27.1 Å². The van der Waals surface area contributed by atoms with E-state index in [1.54, 1.807) is 6.07 Å². The van der Waals surface area contributed by atoms with Crippen LogP contribution >= 0.6 is 0 Å². The average molecular weight is 380 g/mol. The Balaban J connectivity index is 2.19. The first-order valence-corrected chi connectivity index (χ1v) is 9.27. The molecule has 0 saturated heterocycles. The normalized spacial score (nSPS) is 10.9. The molecule has 0 unspecified atom stereocenters. The molecular weight excluding hydrogens is 363 g/mol. The number of hydrogen-bond acceptors (Lipinski definition) is 5. The highest BCUT2D eigenvalue weighted by atomic mass is 32.2. The van der Waals surface area contributed by atoms with E-state index in [1.807, 2.05) is 0 Å². The molecule has 0 aliphatic rings. The second kappa shape index (κ2) is 7.96. The molecule has 0 spiro atoms. The molecule has 26 heavy (non-hydrogen) atoms. The summed E-state index contributed by atoms with van der Waals surface area (Å²) >= 11 is 0. The maximum atomic E-state index is 13.4. The molecular formula is C17H17FN2O5S. The van der Waals surface area contributed by atoms with Crippen molar-refractivity contribution in [3.63, 3.8) is 0 Å². The number of halogens is 1. The summed E-state index contributed by atoms with van der Waals surface area (Å²) < 4.78 is 42.7. The summed E-state index contributed by atoms with van der Waals surface area (Å²) in [5, 5.41) is 2.50. The van der Waals surface area contributed by atoms with Gasteiger partial charge in [-0.15, -0.1) is 0 Å². The summed E-state index contributed by atoms with van der Waals surface area (Å²) in [5.74, 6) is -1.84. The van der Waals surface area contributed by atoms with Crippen LogP contribution in [0.3, 0.4) is 0 Å². The maximum Gasteiger partial charge on any atom is 0.337 e. The molecule has 2 rings (SSSR count). The van der Waals surface area contributed by atoms with Gasteiger partial charge in [0.05, 0.1) is 24.6 Å². The number of methoxy groups -OCH3 is 1. The monoisotopic (exact) mass is 380 g/mol. The second-order valence-corrected chi connectivity index (χ2v) is 7.28. The molecule has 0 aliphatic carbocycles. The minimum absolute atomic E-state index is 0.0333. The number of sulfonamides is 1. The van der Waals surface area contributed by atoms with Gasteiger partial charge in [-0.3, -0.25) is 9.10 Å². The zero-order chi connectivity index (χ0) is 19.3. The fourth-order valence-corrected chi connectivity index (χ4v) is 3.05. The fraction of sp³-hybridized carbons (Fsp3) is 0.176. The summed E-state index contributed by atoms with van der Waals surface area (Å²) in [5.41, 5.74) is 0.562. The molecule has 1 N–H and O–H groups in total. The lowest BCUT2D eigenvalue weighted by Gasteiger charge is -2.22. The molecule has 0 aliphatic heterocycles. The quantitative estimate of drug-likeness (QED) is 0.774. The topological polar surface area (TPSA) is 92.8 Å². The molecule has 0 aromatic heterocycles. The Morgan fingerprint density at radius 2 is 1.85 bits per heavy atom. The molecule has 0 saturated carbocycles. The summed E-state index contributed by atoms with van der Waals surface area (Å²) in [4.78, 5) is 23.8. The van der Waals surface area contributed by atoms with Gasteiger partial charge in [-0.05, 0) is 36.4 Å². The van der Waals surface area contributed by atoms with Gasteiger partial charge in [0, 0.05) is 5.69 Å². The molecule has 1 amide bonds. The van der Waals surface area contributed by atoms with Crippen LogP contribution in [-0.4, -0.2) is 40.2 Å². The minimum Gasteiger partial charge on any atom is -0.465 e. The van der Waals surface area contributed by atoms with E-state index in [1.165, 1.54) is 43.5 Å². The Labute approximate surface area is 150 Å². The standard InChI is InChI=1S/C17H17FN2O5S/c1-25-17(22)12-5-3-7-14(9-12)19-16(21)11-20(26(2,23)24)15-8-4-6-13(18)10-15/h3-10H,11H2,1-2H3,(H,19,21). The van der Waals surface area contributed by atoms with Gasteiger partial charge in [-0.25, -0.2) is 17.6 Å². The minimum atomic E-state index is -3.82. The van der Waals surface area contributed by atoms with Crippen molar-refractivity contribution in [1.82, 2.24) is 0 Å². The van der Waals surface area contributed by atoms with Gasteiger partial charge in [-0.2, -0.15) is 0 Å². The van der Waals surface area contributed by atoms with E-state index in [4.69, 9.17) is 0 Å². The molecule has 2 aromatic carbocycles. The van der Waals surface area contributed by atoms with Gasteiger partial charge in [0.15, 0.2) is 0 Å². The Morgan fingerprint density at radius 1 is 1.15 bits per heavy atom. The zero-order valence-corrected chi connectivity index (χ0v) is 14.9. The number of amides is 1. The largest absolute Gasteiger partial charge is 0.465 e. The van der Waals surface area contributed by atoms with Gasteiger partial charge >= 0.3 is 5.97 Å². The van der Waals surface area contributed by atoms with Crippen LogP contribution in [0.5, 0.6) is 0 Å². The van der Waals surface area contributed by atoms with Crippen LogP contribution < -0.4 is 9.62 Å². The summed E-state index contributed by atoms with van der Waals surface area (Å²) in [6.07, 6.45) is 0.920. The predicted octanol–water partition coefficient (Wildman–Crippen LogP) is 2.02. The summed E-state index contributed by atoms with van der Waals surface area (Å²) in [6, 6.07) is 10.9. The van der Waals surface area contributed by atoms with Crippen molar-refractivity contribution in [2.45, 2.75) is 0 Å². The third-order valence-electron chi connectivity index (χ3n) is 3.35. The number of rotatable bonds is 6. The van der Waals surface area contributed by atoms with Crippen molar-refractivity contribution in [2.75, 3.05) is 29.5 Å². The van der Waals surface area contributed by atoms with Crippen molar-refractivity contribution in [3.8, 4) is 0 Å². The van der Waals surface area contributed by atoms with Gasteiger partial charge in [0.25, 0.3) is 0 Å². The Bertz CT molecular complexity index is 930. The first kappa shape index (κ1) is 19.4.